The number of carboxylic acid groups (broad SMARTS) is 1. The first-order chi connectivity index (χ1) is 12.9. The molecule has 3 aromatic rings. The number of nitrogens with one attached hydrogen (secondary N) is 1. The molecule has 0 aliphatic heterocycles. The maximum absolute atomic E-state index is 14.2. The number of carbonyl (C=O) groups excluding carboxylic acids is 2. The van der Waals surface area contributed by atoms with Crippen LogP contribution in [0.3, 0.4) is 0 Å². The highest BCUT2D eigenvalue weighted by Gasteiger charge is 2.25. The van der Waals surface area contributed by atoms with Crippen molar-refractivity contribution < 1.29 is 28.3 Å². The number of H-pyrrole nitrogens is 1. The molecular weight excluding hydrogens is 358 g/mol. The molecule has 0 amide bonds. The number of pyridine rings is 1. The number of aromatic carboxylic acids is 1. The summed E-state index contributed by atoms with van der Waals surface area (Å²) in [5.41, 5.74) is -1.22. The minimum Gasteiger partial charge on any atom is -0.478 e. The van der Waals surface area contributed by atoms with Crippen LogP contribution in [0.25, 0.3) is 0 Å². The van der Waals surface area contributed by atoms with E-state index in [4.69, 9.17) is 5.11 Å². The normalized spacial score (nSPS) is 10.6. The Bertz CT molecular complexity index is 1050. The predicted octanol–water partition coefficient (Wildman–Crippen LogP) is 3.04. The third-order valence-corrected chi connectivity index (χ3v) is 3.88. The van der Waals surface area contributed by atoms with Crippen molar-refractivity contribution in [2.75, 3.05) is 0 Å². The molecule has 0 saturated heterocycles. The summed E-state index contributed by atoms with van der Waals surface area (Å²) >= 11 is 0. The molecule has 6 nitrogen and oxygen atoms in total. The van der Waals surface area contributed by atoms with Crippen LogP contribution in [0.15, 0.2) is 48.9 Å². The lowest BCUT2D eigenvalue weighted by molar-refractivity contribution is 0.0691. The van der Waals surface area contributed by atoms with E-state index in [1.54, 1.807) is 18.3 Å². The Morgan fingerprint density at radius 1 is 1.15 bits per heavy atom. The first-order valence-corrected chi connectivity index (χ1v) is 7.75. The van der Waals surface area contributed by atoms with Gasteiger partial charge in [-0.3, -0.25) is 14.6 Å². The van der Waals surface area contributed by atoms with Gasteiger partial charge in [0.15, 0.2) is 11.6 Å². The number of Topliss-reactive ketones (excluding diaryl/α,β-unsaturated/α-hetero) is 1. The van der Waals surface area contributed by atoms with E-state index < -0.39 is 34.5 Å². The average molecular weight is 370 g/mol. The van der Waals surface area contributed by atoms with E-state index in [0.717, 1.165) is 12.3 Å². The lowest BCUT2D eigenvalue weighted by atomic mass is 10.0. The first-order valence-electron chi connectivity index (χ1n) is 7.75. The summed E-state index contributed by atoms with van der Waals surface area (Å²) in [6.07, 6.45) is 4.26. The van der Waals surface area contributed by atoms with Crippen LogP contribution in [-0.2, 0) is 6.42 Å². The molecule has 136 valence electrons. The van der Waals surface area contributed by atoms with Crippen molar-refractivity contribution in [3.05, 3.63) is 88.5 Å². The van der Waals surface area contributed by atoms with E-state index in [1.807, 2.05) is 0 Å². The van der Waals surface area contributed by atoms with Crippen LogP contribution in [0.4, 0.5) is 8.78 Å². The van der Waals surface area contributed by atoms with Crippen LogP contribution in [0.5, 0.6) is 0 Å². The number of carbonyl (C=O) groups is 3. The monoisotopic (exact) mass is 370 g/mol. The zero-order valence-corrected chi connectivity index (χ0v) is 13.7. The molecule has 0 unspecified atom stereocenters. The molecule has 2 N–H and O–H groups in total. The Hall–Kier alpha value is -3.68. The fourth-order valence-corrected chi connectivity index (χ4v) is 2.54. The SMILES string of the molecule is O=C(Cc1cccnc1)c1cc(C(=O)c2c(F)ccc(C(=O)O)c2F)c[nH]1. The van der Waals surface area contributed by atoms with Gasteiger partial charge in [0.2, 0.25) is 5.78 Å². The number of aromatic nitrogens is 2. The van der Waals surface area contributed by atoms with Crippen molar-refractivity contribution in [1.82, 2.24) is 9.97 Å². The summed E-state index contributed by atoms with van der Waals surface area (Å²) in [7, 11) is 0. The lowest BCUT2D eigenvalue weighted by Crippen LogP contribution is -2.12. The van der Waals surface area contributed by atoms with Gasteiger partial charge in [-0.05, 0) is 29.8 Å². The van der Waals surface area contributed by atoms with Crippen molar-refractivity contribution in [3.8, 4) is 0 Å². The van der Waals surface area contributed by atoms with Crippen LogP contribution in [0, 0.1) is 11.6 Å². The van der Waals surface area contributed by atoms with E-state index in [1.165, 1.54) is 12.3 Å². The van der Waals surface area contributed by atoms with Crippen molar-refractivity contribution in [2.24, 2.45) is 0 Å². The number of rotatable bonds is 6. The van der Waals surface area contributed by atoms with Gasteiger partial charge >= 0.3 is 5.97 Å². The van der Waals surface area contributed by atoms with Crippen LogP contribution in [0.2, 0.25) is 0 Å². The van der Waals surface area contributed by atoms with Crippen molar-refractivity contribution in [2.45, 2.75) is 6.42 Å². The standard InChI is InChI=1S/C19H12F2N2O4/c20-13-4-3-12(19(26)27)17(21)16(13)18(25)11-7-14(23-9-11)15(24)6-10-2-1-5-22-8-10/h1-5,7-9,23H,6H2,(H,26,27). The average Bonchev–Trinajstić information content (AvgIpc) is 3.12. The van der Waals surface area contributed by atoms with Gasteiger partial charge in [-0.1, -0.05) is 6.07 Å². The van der Waals surface area contributed by atoms with Gasteiger partial charge in [0.25, 0.3) is 0 Å². The highest BCUT2D eigenvalue weighted by atomic mass is 19.1. The maximum atomic E-state index is 14.2. The number of nitrogens with zero attached hydrogens (tertiary/aromatic N) is 1. The third kappa shape index (κ3) is 3.64. The number of hydrogen-bond acceptors (Lipinski definition) is 4. The Labute approximate surface area is 151 Å². The van der Waals surface area contributed by atoms with E-state index in [-0.39, 0.29) is 23.5 Å². The van der Waals surface area contributed by atoms with Gasteiger partial charge in [0, 0.05) is 30.6 Å². The zero-order valence-electron chi connectivity index (χ0n) is 13.7. The van der Waals surface area contributed by atoms with E-state index in [2.05, 4.69) is 9.97 Å². The number of aromatic amines is 1. The third-order valence-electron chi connectivity index (χ3n) is 3.88. The van der Waals surface area contributed by atoms with Crippen LogP contribution in [0.1, 0.15) is 42.3 Å². The highest BCUT2D eigenvalue weighted by Crippen LogP contribution is 2.21. The van der Waals surface area contributed by atoms with Gasteiger partial charge in [0.05, 0.1) is 16.8 Å². The molecule has 0 bridgehead atoms. The van der Waals surface area contributed by atoms with E-state index >= 15 is 0 Å². The van der Waals surface area contributed by atoms with Crippen molar-refractivity contribution in [1.29, 1.82) is 0 Å². The number of benzene rings is 1. The summed E-state index contributed by atoms with van der Waals surface area (Å²) in [6.45, 7) is 0. The molecule has 0 atom stereocenters. The Kier molecular flexibility index (Phi) is 4.89. The fourth-order valence-electron chi connectivity index (χ4n) is 2.54. The Balaban J connectivity index is 1.89. The van der Waals surface area contributed by atoms with Gasteiger partial charge in [0.1, 0.15) is 5.82 Å². The molecular formula is C19H12F2N2O4. The molecule has 2 aromatic heterocycles. The molecule has 2 heterocycles. The molecule has 1 aromatic carbocycles. The second-order valence-corrected chi connectivity index (χ2v) is 5.68. The summed E-state index contributed by atoms with van der Waals surface area (Å²) in [5, 5.41) is 8.92. The van der Waals surface area contributed by atoms with Crippen molar-refractivity contribution in [3.63, 3.8) is 0 Å². The molecule has 0 saturated carbocycles. The Morgan fingerprint density at radius 2 is 1.93 bits per heavy atom. The van der Waals surface area contributed by atoms with Crippen molar-refractivity contribution >= 4 is 17.5 Å². The molecule has 0 spiro atoms. The highest BCUT2D eigenvalue weighted by molar-refractivity contribution is 6.11. The first kappa shape index (κ1) is 18.1. The summed E-state index contributed by atoms with van der Waals surface area (Å²) in [6, 6.07) is 6.01. The maximum Gasteiger partial charge on any atom is 0.338 e. The second kappa shape index (κ2) is 7.28. The number of ketones is 2. The lowest BCUT2D eigenvalue weighted by Gasteiger charge is -2.05. The van der Waals surface area contributed by atoms with Crippen LogP contribution < -0.4 is 0 Å². The molecule has 3 rings (SSSR count). The Morgan fingerprint density at radius 3 is 2.59 bits per heavy atom. The van der Waals surface area contributed by atoms with E-state index in [9.17, 15) is 23.2 Å². The van der Waals surface area contributed by atoms with Gasteiger partial charge < -0.3 is 10.1 Å². The molecule has 0 radical (unpaired) electrons. The molecule has 8 heteroatoms. The summed E-state index contributed by atoms with van der Waals surface area (Å²) < 4.78 is 28.2. The van der Waals surface area contributed by atoms with Crippen LogP contribution in [-0.4, -0.2) is 32.6 Å². The summed E-state index contributed by atoms with van der Waals surface area (Å²) in [4.78, 5) is 42.2. The van der Waals surface area contributed by atoms with E-state index in [0.29, 0.717) is 11.6 Å². The number of carboxylic acids is 1. The van der Waals surface area contributed by atoms with Crippen LogP contribution >= 0.6 is 0 Å². The zero-order chi connectivity index (χ0) is 19.6. The quantitative estimate of drug-likeness (QED) is 0.650. The second-order valence-electron chi connectivity index (χ2n) is 5.68. The minimum atomic E-state index is -1.62. The smallest absolute Gasteiger partial charge is 0.338 e. The summed E-state index contributed by atoms with van der Waals surface area (Å²) in [5.74, 6) is -5.68. The number of halogens is 2. The molecule has 0 fully saturated rings. The van der Waals surface area contributed by atoms with Gasteiger partial charge in [-0.15, -0.1) is 0 Å². The minimum absolute atomic E-state index is 0.0270. The fraction of sp³-hybridized carbons (Fsp3) is 0.0526. The molecule has 0 aliphatic carbocycles. The van der Waals surface area contributed by atoms with Gasteiger partial charge in [-0.2, -0.15) is 0 Å². The molecule has 0 aliphatic rings. The molecule has 27 heavy (non-hydrogen) atoms. The topological polar surface area (TPSA) is 100 Å². The largest absolute Gasteiger partial charge is 0.478 e. The van der Waals surface area contributed by atoms with Gasteiger partial charge in [-0.25, -0.2) is 13.6 Å². The number of hydrogen-bond donors (Lipinski definition) is 2. The predicted molar refractivity (Wildman–Crippen MR) is 89.8 cm³/mol.